The normalized spacial score (nSPS) is 15.5. The maximum Gasteiger partial charge on any atom is 0.410 e. The Bertz CT molecular complexity index is 672. The van der Waals surface area contributed by atoms with Crippen molar-refractivity contribution >= 4 is 23.2 Å². The number of carbonyl (C=O) groups excluding carboxylic acids is 1. The quantitative estimate of drug-likeness (QED) is 0.835. The summed E-state index contributed by atoms with van der Waals surface area (Å²) in [6.07, 6.45) is -0.249. The largest absolute Gasteiger partial charge is 0.444 e. The molecule has 1 aliphatic rings. The maximum atomic E-state index is 12.1. The van der Waals surface area contributed by atoms with Crippen LogP contribution in [0.1, 0.15) is 20.8 Å². The molecule has 6 nitrogen and oxygen atoms in total. The second kappa shape index (κ2) is 6.76. The van der Waals surface area contributed by atoms with Gasteiger partial charge in [0.2, 0.25) is 0 Å². The minimum absolute atomic E-state index is 0.249. The Hall–Kier alpha value is -2.15. The molecule has 0 aliphatic carbocycles. The van der Waals surface area contributed by atoms with Gasteiger partial charge in [-0.3, -0.25) is 0 Å². The molecule has 0 saturated carbocycles. The fourth-order valence-corrected chi connectivity index (χ4v) is 3.18. The highest BCUT2D eigenvalue weighted by Crippen LogP contribution is 2.23. The van der Waals surface area contributed by atoms with Crippen molar-refractivity contribution in [2.75, 3.05) is 31.1 Å². The zero-order chi connectivity index (χ0) is 17.2. The van der Waals surface area contributed by atoms with Gasteiger partial charge in [0, 0.05) is 26.2 Å². The van der Waals surface area contributed by atoms with Crippen LogP contribution in [0.15, 0.2) is 29.6 Å². The molecule has 7 heteroatoms. The number of aromatic nitrogens is 2. The molecule has 3 heterocycles. The Morgan fingerprint density at radius 3 is 2.42 bits per heavy atom. The van der Waals surface area contributed by atoms with Gasteiger partial charge in [-0.2, -0.15) is 0 Å². The number of rotatable bonds is 2. The fourth-order valence-electron chi connectivity index (χ4n) is 2.49. The molecule has 0 aromatic carbocycles. The summed E-state index contributed by atoms with van der Waals surface area (Å²) in [5.74, 6) is 0.846. The Kier molecular flexibility index (Phi) is 4.71. The molecule has 0 bridgehead atoms. The van der Waals surface area contributed by atoms with Crippen LogP contribution in [0.25, 0.3) is 10.6 Å². The number of hydrogen-bond acceptors (Lipinski definition) is 6. The van der Waals surface area contributed by atoms with Crippen molar-refractivity contribution < 1.29 is 9.53 Å². The number of hydrogen-bond donors (Lipinski definition) is 0. The first-order valence-electron chi connectivity index (χ1n) is 8.03. The van der Waals surface area contributed by atoms with Crippen molar-refractivity contribution in [1.29, 1.82) is 0 Å². The van der Waals surface area contributed by atoms with E-state index in [2.05, 4.69) is 15.1 Å². The van der Waals surface area contributed by atoms with Gasteiger partial charge < -0.3 is 14.5 Å². The van der Waals surface area contributed by atoms with Crippen LogP contribution in [0, 0.1) is 0 Å². The van der Waals surface area contributed by atoms with E-state index in [1.54, 1.807) is 16.2 Å². The van der Waals surface area contributed by atoms with Crippen LogP contribution in [0.4, 0.5) is 10.6 Å². The molecule has 0 radical (unpaired) electrons. The first kappa shape index (κ1) is 16.7. The lowest BCUT2D eigenvalue weighted by Gasteiger charge is -2.35. The van der Waals surface area contributed by atoms with Crippen LogP contribution in [-0.4, -0.2) is 53.0 Å². The molecule has 2 aromatic rings. The number of anilines is 1. The molecule has 128 valence electrons. The van der Waals surface area contributed by atoms with Crippen molar-refractivity contribution in [3.63, 3.8) is 0 Å². The first-order valence-corrected chi connectivity index (χ1v) is 8.91. The van der Waals surface area contributed by atoms with E-state index in [-0.39, 0.29) is 6.09 Å². The first-order chi connectivity index (χ1) is 11.4. The Morgan fingerprint density at radius 2 is 1.88 bits per heavy atom. The average molecular weight is 346 g/mol. The Morgan fingerprint density at radius 1 is 1.12 bits per heavy atom. The second-order valence-corrected chi connectivity index (χ2v) is 7.66. The number of piperazine rings is 1. The topological polar surface area (TPSA) is 58.6 Å². The summed E-state index contributed by atoms with van der Waals surface area (Å²) in [6, 6.07) is 8.03. The van der Waals surface area contributed by atoms with Crippen molar-refractivity contribution in [2.24, 2.45) is 0 Å². The summed E-state index contributed by atoms with van der Waals surface area (Å²) >= 11 is 1.65. The number of nitrogens with zero attached hydrogens (tertiary/aromatic N) is 4. The molecule has 1 amide bonds. The van der Waals surface area contributed by atoms with E-state index in [1.165, 1.54) is 0 Å². The van der Waals surface area contributed by atoms with Gasteiger partial charge in [0.15, 0.2) is 5.82 Å². The minimum Gasteiger partial charge on any atom is -0.444 e. The highest BCUT2D eigenvalue weighted by atomic mass is 32.1. The molecule has 0 spiro atoms. The van der Waals surface area contributed by atoms with Crippen LogP contribution in [0.5, 0.6) is 0 Å². The van der Waals surface area contributed by atoms with Gasteiger partial charge in [-0.25, -0.2) is 4.79 Å². The van der Waals surface area contributed by atoms with Gasteiger partial charge in [-0.15, -0.1) is 21.5 Å². The molecule has 2 aromatic heterocycles. The van der Waals surface area contributed by atoms with Crippen LogP contribution in [-0.2, 0) is 4.74 Å². The van der Waals surface area contributed by atoms with E-state index >= 15 is 0 Å². The van der Waals surface area contributed by atoms with Crippen LogP contribution in [0.3, 0.4) is 0 Å². The highest BCUT2D eigenvalue weighted by molar-refractivity contribution is 7.13. The predicted octanol–water partition coefficient (Wildman–Crippen LogP) is 3.26. The summed E-state index contributed by atoms with van der Waals surface area (Å²) in [4.78, 5) is 17.1. The van der Waals surface area contributed by atoms with Crippen molar-refractivity contribution in [3.05, 3.63) is 29.6 Å². The third-order valence-corrected chi connectivity index (χ3v) is 4.57. The molecule has 3 rings (SSSR count). The number of carbonyl (C=O) groups is 1. The van der Waals surface area contributed by atoms with Crippen molar-refractivity contribution in [3.8, 4) is 10.6 Å². The lowest BCUT2D eigenvalue weighted by atomic mass is 10.2. The molecule has 1 fully saturated rings. The fraction of sp³-hybridized carbons (Fsp3) is 0.471. The standard InChI is InChI=1S/C17H22N4O2S/c1-17(2,3)23-16(22)21-10-8-20(9-11-21)15-7-6-13(18-19-15)14-5-4-12-24-14/h4-7,12H,8-11H2,1-3H3. The number of amides is 1. The zero-order valence-corrected chi connectivity index (χ0v) is 15.0. The van der Waals surface area contributed by atoms with Crippen molar-refractivity contribution in [1.82, 2.24) is 15.1 Å². The van der Waals surface area contributed by atoms with Gasteiger partial charge in [-0.1, -0.05) is 6.07 Å². The summed E-state index contributed by atoms with van der Waals surface area (Å²) in [7, 11) is 0. The Balaban J connectivity index is 1.58. The molecule has 0 atom stereocenters. The van der Waals surface area contributed by atoms with E-state index in [0.29, 0.717) is 13.1 Å². The molecule has 24 heavy (non-hydrogen) atoms. The second-order valence-electron chi connectivity index (χ2n) is 6.71. The highest BCUT2D eigenvalue weighted by Gasteiger charge is 2.26. The van der Waals surface area contributed by atoms with Crippen LogP contribution < -0.4 is 4.90 Å². The van der Waals surface area contributed by atoms with Gasteiger partial charge in [0.25, 0.3) is 0 Å². The van der Waals surface area contributed by atoms with E-state index in [9.17, 15) is 4.79 Å². The zero-order valence-electron chi connectivity index (χ0n) is 14.2. The number of thiophene rings is 1. The molecular weight excluding hydrogens is 324 g/mol. The number of ether oxygens (including phenoxy) is 1. The third kappa shape index (κ3) is 4.03. The van der Waals surface area contributed by atoms with Gasteiger partial charge in [0.1, 0.15) is 11.3 Å². The van der Waals surface area contributed by atoms with E-state index < -0.39 is 5.60 Å². The monoisotopic (exact) mass is 346 g/mol. The lowest BCUT2D eigenvalue weighted by molar-refractivity contribution is 0.0240. The van der Waals surface area contributed by atoms with Crippen molar-refractivity contribution in [2.45, 2.75) is 26.4 Å². The van der Waals surface area contributed by atoms with Gasteiger partial charge in [0.05, 0.1) is 4.88 Å². The SMILES string of the molecule is CC(C)(C)OC(=O)N1CCN(c2ccc(-c3cccs3)nn2)CC1. The van der Waals surface area contributed by atoms with E-state index in [4.69, 9.17) is 4.74 Å². The minimum atomic E-state index is -0.461. The molecule has 1 aliphatic heterocycles. The summed E-state index contributed by atoms with van der Waals surface area (Å²) in [5.41, 5.74) is 0.429. The molecular formula is C17H22N4O2S. The summed E-state index contributed by atoms with van der Waals surface area (Å²) in [5, 5.41) is 10.7. The third-order valence-electron chi connectivity index (χ3n) is 3.68. The molecule has 0 unspecified atom stereocenters. The molecule has 1 saturated heterocycles. The van der Waals surface area contributed by atoms with Gasteiger partial charge >= 0.3 is 6.09 Å². The average Bonchev–Trinajstić information content (AvgIpc) is 3.08. The smallest absolute Gasteiger partial charge is 0.410 e. The molecule has 0 N–H and O–H groups in total. The van der Waals surface area contributed by atoms with E-state index in [1.807, 2.05) is 50.4 Å². The summed E-state index contributed by atoms with van der Waals surface area (Å²) in [6.45, 7) is 8.36. The van der Waals surface area contributed by atoms with E-state index in [0.717, 1.165) is 29.5 Å². The maximum absolute atomic E-state index is 12.1. The van der Waals surface area contributed by atoms with Gasteiger partial charge in [-0.05, 0) is 44.4 Å². The van der Waals surface area contributed by atoms with Crippen LogP contribution >= 0.6 is 11.3 Å². The Labute approximate surface area is 146 Å². The predicted molar refractivity (Wildman–Crippen MR) is 95.4 cm³/mol. The lowest BCUT2D eigenvalue weighted by Crippen LogP contribution is -2.50. The van der Waals surface area contributed by atoms with Crippen LogP contribution in [0.2, 0.25) is 0 Å². The summed E-state index contributed by atoms with van der Waals surface area (Å²) < 4.78 is 5.42.